The van der Waals surface area contributed by atoms with Crippen LogP contribution in [0.15, 0.2) is 42.9 Å². The van der Waals surface area contributed by atoms with Crippen LogP contribution in [0.1, 0.15) is 51.6 Å². The lowest BCUT2D eigenvalue weighted by Crippen LogP contribution is -2.55. The Kier molecular flexibility index (Phi) is 6.08. The molecule has 1 aliphatic heterocycles. The van der Waals surface area contributed by atoms with Crippen molar-refractivity contribution in [2.75, 3.05) is 23.3 Å². The Morgan fingerprint density at radius 2 is 1.91 bits per heavy atom. The summed E-state index contributed by atoms with van der Waals surface area (Å²) in [5.41, 5.74) is 7.95. The highest BCUT2D eigenvalue weighted by molar-refractivity contribution is 5.96. The van der Waals surface area contributed by atoms with Gasteiger partial charge in [-0.25, -0.2) is 9.97 Å². The van der Waals surface area contributed by atoms with Crippen LogP contribution in [0.25, 0.3) is 0 Å². The highest BCUT2D eigenvalue weighted by Crippen LogP contribution is 2.39. The van der Waals surface area contributed by atoms with Crippen molar-refractivity contribution in [1.29, 1.82) is 0 Å². The fourth-order valence-electron chi connectivity index (χ4n) is 4.29. The van der Waals surface area contributed by atoms with Gasteiger partial charge in [0.15, 0.2) is 11.5 Å². The molecule has 0 radical (unpaired) electrons. The number of carbonyl (C=O) groups excluding carboxylic acids is 2. The number of amides is 2. The number of aromatic nitrogens is 4. The molecule has 182 valence electrons. The fraction of sp³-hybridized carbons (Fsp3) is 0.375. The molecule has 3 heterocycles. The van der Waals surface area contributed by atoms with Crippen LogP contribution in [0.5, 0.6) is 0 Å². The second-order valence-corrected chi connectivity index (χ2v) is 9.10. The van der Waals surface area contributed by atoms with Crippen molar-refractivity contribution in [3.8, 4) is 0 Å². The number of nitrogens with two attached hydrogens (primary N) is 1. The van der Waals surface area contributed by atoms with Gasteiger partial charge in [-0.2, -0.15) is 5.10 Å². The maximum atomic E-state index is 12.8. The predicted octanol–water partition coefficient (Wildman–Crippen LogP) is 1.30. The van der Waals surface area contributed by atoms with Crippen molar-refractivity contribution < 1.29 is 14.7 Å². The number of aryl methyl sites for hydroxylation is 1. The molecule has 0 unspecified atom stereocenters. The molecular formula is C24H28N8O3. The third kappa shape index (κ3) is 5.09. The molecule has 0 spiro atoms. The van der Waals surface area contributed by atoms with Gasteiger partial charge in [0.1, 0.15) is 5.82 Å². The summed E-state index contributed by atoms with van der Waals surface area (Å²) in [5, 5.41) is 20.7. The molecule has 2 amide bonds. The zero-order valence-electron chi connectivity index (χ0n) is 19.4. The number of anilines is 3. The molecule has 11 nitrogen and oxygen atoms in total. The van der Waals surface area contributed by atoms with Crippen LogP contribution in [0, 0.1) is 0 Å². The normalized spacial score (nSPS) is 19.9. The number of rotatable bonds is 7. The third-order valence-corrected chi connectivity index (χ3v) is 6.40. The van der Waals surface area contributed by atoms with Crippen molar-refractivity contribution in [1.82, 2.24) is 25.1 Å². The Balaban J connectivity index is 1.31. The van der Waals surface area contributed by atoms with Crippen molar-refractivity contribution in [3.05, 3.63) is 59.7 Å². The van der Waals surface area contributed by atoms with Gasteiger partial charge in [0.25, 0.3) is 11.8 Å². The summed E-state index contributed by atoms with van der Waals surface area (Å²) >= 11 is 0. The maximum Gasteiger partial charge on any atom is 0.271 e. The van der Waals surface area contributed by atoms with Gasteiger partial charge in [0.05, 0.1) is 30.2 Å². The van der Waals surface area contributed by atoms with Gasteiger partial charge in [-0.05, 0) is 42.9 Å². The number of nitrogens with zero attached hydrogens (tertiary/aromatic N) is 5. The number of hydrogen-bond donors (Lipinski definition) is 4. The van der Waals surface area contributed by atoms with Crippen molar-refractivity contribution in [3.63, 3.8) is 0 Å². The average Bonchev–Trinajstić information content (AvgIpc) is 3.62. The molecule has 2 fully saturated rings. The number of benzene rings is 1. The quantitative estimate of drug-likeness (QED) is 0.398. The standard InChI is InChI=1S/C24H28N8O3/c1-31-12-17(10-27-31)28-23-21(22(25)34)26-11-20(30-23)32-9-8-19(33)18(13-32)29-24(35)16-6-4-15(5-7-16)14-2-3-14/h4-7,10-12,14,18-19,33H,2-3,8-9,13H2,1H3,(H2,25,34)(H,28,30)(H,29,35)/t18-,19-/m0/s1. The lowest BCUT2D eigenvalue weighted by Gasteiger charge is -2.37. The van der Waals surface area contributed by atoms with E-state index < -0.39 is 18.1 Å². The molecule has 1 saturated carbocycles. The van der Waals surface area contributed by atoms with E-state index in [1.807, 2.05) is 29.2 Å². The van der Waals surface area contributed by atoms with E-state index in [1.165, 1.54) is 24.6 Å². The van der Waals surface area contributed by atoms with Gasteiger partial charge in [0.2, 0.25) is 0 Å². The second-order valence-electron chi connectivity index (χ2n) is 9.10. The number of primary amides is 1. The van der Waals surface area contributed by atoms with Gasteiger partial charge in [-0.1, -0.05) is 12.1 Å². The van der Waals surface area contributed by atoms with Crippen LogP contribution < -0.4 is 21.3 Å². The summed E-state index contributed by atoms with van der Waals surface area (Å²) in [5.74, 6) is 0.405. The second kappa shape index (κ2) is 9.34. The molecule has 2 aliphatic rings. The first-order valence-electron chi connectivity index (χ1n) is 11.6. The van der Waals surface area contributed by atoms with Crippen LogP contribution in [-0.4, -0.2) is 61.9 Å². The van der Waals surface area contributed by atoms with E-state index in [0.717, 1.165) is 0 Å². The van der Waals surface area contributed by atoms with Gasteiger partial charge in [-0.3, -0.25) is 14.3 Å². The van der Waals surface area contributed by atoms with E-state index in [9.17, 15) is 14.7 Å². The summed E-state index contributed by atoms with van der Waals surface area (Å²) in [7, 11) is 1.78. The number of piperidine rings is 1. The van der Waals surface area contributed by atoms with Crippen molar-refractivity contribution in [2.45, 2.75) is 37.3 Å². The van der Waals surface area contributed by atoms with Crippen molar-refractivity contribution >= 4 is 29.1 Å². The summed E-state index contributed by atoms with van der Waals surface area (Å²) < 4.78 is 1.61. The molecular weight excluding hydrogens is 448 g/mol. The monoisotopic (exact) mass is 476 g/mol. The van der Waals surface area contributed by atoms with Crippen molar-refractivity contribution in [2.24, 2.45) is 12.8 Å². The van der Waals surface area contributed by atoms with E-state index in [-0.39, 0.29) is 17.4 Å². The molecule has 0 bridgehead atoms. The molecule has 5 N–H and O–H groups in total. The first kappa shape index (κ1) is 22.8. The molecule has 1 aliphatic carbocycles. The largest absolute Gasteiger partial charge is 0.391 e. The smallest absolute Gasteiger partial charge is 0.271 e. The van der Waals surface area contributed by atoms with Gasteiger partial charge >= 0.3 is 0 Å². The van der Waals surface area contributed by atoms with Gasteiger partial charge < -0.3 is 26.4 Å². The Labute approximate surface area is 202 Å². The molecule has 2 atom stereocenters. The first-order chi connectivity index (χ1) is 16.9. The molecule has 2 aromatic heterocycles. The Hall–Kier alpha value is -3.99. The molecule has 1 saturated heterocycles. The summed E-state index contributed by atoms with van der Waals surface area (Å²) in [4.78, 5) is 35.4. The zero-order chi connectivity index (χ0) is 24.5. The van der Waals surface area contributed by atoms with E-state index in [0.29, 0.717) is 42.5 Å². The third-order valence-electron chi connectivity index (χ3n) is 6.40. The Bertz CT molecular complexity index is 1240. The lowest BCUT2D eigenvalue weighted by atomic mass is 10.0. The molecule has 3 aromatic rings. The predicted molar refractivity (Wildman–Crippen MR) is 130 cm³/mol. The number of nitrogens with one attached hydrogen (secondary N) is 2. The summed E-state index contributed by atoms with van der Waals surface area (Å²) in [6.45, 7) is 0.852. The number of hydrogen-bond acceptors (Lipinski definition) is 8. The van der Waals surface area contributed by atoms with E-state index in [2.05, 4.69) is 25.7 Å². The SMILES string of the molecule is Cn1cc(Nc2nc(N3CC[C@H](O)[C@@H](NC(=O)c4ccc(C5CC5)cc4)C3)cnc2C(N)=O)cn1. The maximum absolute atomic E-state index is 12.8. The zero-order valence-corrected chi connectivity index (χ0v) is 19.4. The topological polar surface area (TPSA) is 151 Å². The van der Waals surface area contributed by atoms with Gasteiger partial charge in [-0.15, -0.1) is 0 Å². The minimum Gasteiger partial charge on any atom is -0.391 e. The number of aliphatic hydroxyl groups excluding tert-OH is 1. The van der Waals surface area contributed by atoms with Crippen LogP contribution >= 0.6 is 0 Å². The Morgan fingerprint density at radius 1 is 1.14 bits per heavy atom. The summed E-state index contributed by atoms with van der Waals surface area (Å²) in [6.07, 6.45) is 6.97. The fourth-order valence-corrected chi connectivity index (χ4v) is 4.29. The molecule has 1 aromatic carbocycles. The highest BCUT2D eigenvalue weighted by atomic mass is 16.3. The van der Waals surface area contributed by atoms with E-state index >= 15 is 0 Å². The minimum absolute atomic E-state index is 0.00847. The number of aliphatic hydroxyl groups is 1. The molecule has 11 heteroatoms. The van der Waals surface area contributed by atoms with Gasteiger partial charge in [0, 0.05) is 31.9 Å². The average molecular weight is 477 g/mol. The number of carbonyl (C=O) groups is 2. The Morgan fingerprint density at radius 3 is 2.57 bits per heavy atom. The van der Waals surface area contributed by atoms with Crippen LogP contribution in [0.3, 0.4) is 0 Å². The first-order valence-corrected chi connectivity index (χ1v) is 11.6. The minimum atomic E-state index is -0.706. The van der Waals surface area contributed by atoms with Crippen LogP contribution in [0.4, 0.5) is 17.3 Å². The molecule has 5 rings (SSSR count). The van der Waals surface area contributed by atoms with E-state index in [4.69, 9.17) is 5.73 Å². The highest BCUT2D eigenvalue weighted by Gasteiger charge is 2.31. The van der Waals surface area contributed by atoms with Crippen LogP contribution in [0.2, 0.25) is 0 Å². The summed E-state index contributed by atoms with van der Waals surface area (Å²) in [6, 6.07) is 7.18. The lowest BCUT2D eigenvalue weighted by molar-refractivity contribution is 0.0785. The van der Waals surface area contributed by atoms with Crippen LogP contribution in [-0.2, 0) is 7.05 Å². The molecule has 35 heavy (non-hydrogen) atoms. The van der Waals surface area contributed by atoms with E-state index in [1.54, 1.807) is 24.1 Å².